The maximum atomic E-state index is 4.58. The lowest BCUT2D eigenvalue weighted by Gasteiger charge is -2.24. The minimum Gasteiger partial charge on any atom is -0.382 e. The topological polar surface area (TPSA) is 24.9 Å². The van der Waals surface area contributed by atoms with Crippen molar-refractivity contribution < 1.29 is 0 Å². The average molecular weight is 212 g/mol. The Bertz CT molecular complexity index is 546. The fourth-order valence-corrected chi connectivity index (χ4v) is 2.37. The van der Waals surface area contributed by atoms with Gasteiger partial charge in [0.15, 0.2) is 0 Å². The van der Waals surface area contributed by atoms with Gasteiger partial charge in [-0.15, -0.1) is 0 Å². The van der Waals surface area contributed by atoms with E-state index in [0.29, 0.717) is 6.04 Å². The van der Waals surface area contributed by atoms with Gasteiger partial charge in [0, 0.05) is 22.8 Å². The number of aromatic nitrogens is 1. The van der Waals surface area contributed by atoms with Gasteiger partial charge in [-0.2, -0.15) is 0 Å². The highest BCUT2D eigenvalue weighted by atomic mass is 14.9. The zero-order valence-corrected chi connectivity index (χ0v) is 9.75. The lowest BCUT2D eigenvalue weighted by molar-refractivity contribution is 0.681. The van der Waals surface area contributed by atoms with Crippen LogP contribution >= 0.6 is 0 Å². The molecule has 1 aliphatic rings. The van der Waals surface area contributed by atoms with E-state index < -0.39 is 0 Å². The zero-order valence-electron chi connectivity index (χ0n) is 9.75. The van der Waals surface area contributed by atoms with Gasteiger partial charge < -0.3 is 5.32 Å². The number of benzene rings is 1. The molecule has 2 aromatic rings. The van der Waals surface area contributed by atoms with Crippen molar-refractivity contribution in [2.24, 2.45) is 0 Å². The van der Waals surface area contributed by atoms with E-state index in [2.05, 4.69) is 41.5 Å². The molecule has 0 aliphatic carbocycles. The van der Waals surface area contributed by atoms with Crippen molar-refractivity contribution in [3.8, 4) is 0 Å². The standard InChI is InChI=1S/C14H16N2/c1-9-3-5-11-8-14-12(7-13(11)15-9)6-4-10(2)16-14/h3,5,7-8,10,16H,4,6H2,1-2H3/t10-/m0/s1. The van der Waals surface area contributed by atoms with E-state index >= 15 is 0 Å². The summed E-state index contributed by atoms with van der Waals surface area (Å²) in [6, 6.07) is 9.27. The van der Waals surface area contributed by atoms with Gasteiger partial charge in [0.05, 0.1) is 5.52 Å². The van der Waals surface area contributed by atoms with Crippen molar-refractivity contribution >= 4 is 16.6 Å². The van der Waals surface area contributed by atoms with E-state index in [0.717, 1.165) is 17.6 Å². The van der Waals surface area contributed by atoms with Gasteiger partial charge in [-0.25, -0.2) is 0 Å². The quantitative estimate of drug-likeness (QED) is 0.724. The molecule has 1 aliphatic heterocycles. The Morgan fingerprint density at radius 2 is 2.19 bits per heavy atom. The summed E-state index contributed by atoms with van der Waals surface area (Å²) in [5.41, 5.74) is 4.90. The molecular formula is C14H16N2. The van der Waals surface area contributed by atoms with E-state index in [4.69, 9.17) is 0 Å². The fraction of sp³-hybridized carbons (Fsp3) is 0.357. The van der Waals surface area contributed by atoms with Crippen LogP contribution in [0.2, 0.25) is 0 Å². The fourth-order valence-electron chi connectivity index (χ4n) is 2.37. The van der Waals surface area contributed by atoms with Crippen LogP contribution in [0.25, 0.3) is 10.9 Å². The van der Waals surface area contributed by atoms with Crippen LogP contribution in [0.5, 0.6) is 0 Å². The molecule has 3 rings (SSSR count). The lowest BCUT2D eigenvalue weighted by atomic mass is 9.97. The van der Waals surface area contributed by atoms with E-state index in [9.17, 15) is 0 Å². The number of fused-ring (bicyclic) bond motifs is 2. The molecular weight excluding hydrogens is 196 g/mol. The molecule has 1 atom stereocenters. The highest BCUT2D eigenvalue weighted by Crippen LogP contribution is 2.28. The van der Waals surface area contributed by atoms with Crippen molar-refractivity contribution in [2.45, 2.75) is 32.7 Å². The molecule has 1 aromatic heterocycles. The predicted octanol–water partition coefficient (Wildman–Crippen LogP) is 3.29. The van der Waals surface area contributed by atoms with Gasteiger partial charge in [0.1, 0.15) is 0 Å². The molecule has 2 nitrogen and oxygen atoms in total. The minimum atomic E-state index is 0.586. The third-order valence-corrected chi connectivity index (χ3v) is 3.30. The predicted molar refractivity (Wildman–Crippen MR) is 67.9 cm³/mol. The molecule has 0 amide bonds. The van der Waals surface area contributed by atoms with Crippen LogP contribution in [0.1, 0.15) is 24.6 Å². The maximum Gasteiger partial charge on any atom is 0.0709 e. The minimum absolute atomic E-state index is 0.586. The van der Waals surface area contributed by atoms with Crippen LogP contribution in [0.15, 0.2) is 24.3 Å². The van der Waals surface area contributed by atoms with Crippen LogP contribution < -0.4 is 5.32 Å². The number of aryl methyl sites for hydroxylation is 2. The summed E-state index contributed by atoms with van der Waals surface area (Å²) < 4.78 is 0. The van der Waals surface area contributed by atoms with E-state index in [-0.39, 0.29) is 0 Å². The SMILES string of the molecule is Cc1ccc2cc3c(cc2n1)CC[C@H](C)N3. The lowest BCUT2D eigenvalue weighted by Crippen LogP contribution is -2.21. The highest BCUT2D eigenvalue weighted by molar-refractivity contribution is 5.84. The second-order valence-corrected chi connectivity index (χ2v) is 4.74. The Morgan fingerprint density at radius 1 is 1.31 bits per heavy atom. The molecule has 0 saturated heterocycles. The van der Waals surface area contributed by atoms with Crippen molar-refractivity contribution in [3.63, 3.8) is 0 Å². The molecule has 1 aromatic carbocycles. The van der Waals surface area contributed by atoms with Gasteiger partial charge in [-0.1, -0.05) is 6.07 Å². The number of rotatable bonds is 0. The van der Waals surface area contributed by atoms with Crippen LogP contribution in [0.4, 0.5) is 5.69 Å². The second kappa shape index (κ2) is 3.48. The highest BCUT2D eigenvalue weighted by Gasteiger charge is 2.14. The largest absolute Gasteiger partial charge is 0.382 e. The molecule has 1 N–H and O–H groups in total. The monoisotopic (exact) mass is 212 g/mol. The summed E-state index contributed by atoms with van der Waals surface area (Å²) in [5.74, 6) is 0. The summed E-state index contributed by atoms with van der Waals surface area (Å²) in [4.78, 5) is 4.58. The summed E-state index contributed by atoms with van der Waals surface area (Å²) in [6.07, 6.45) is 2.37. The first-order chi connectivity index (χ1) is 7.72. The Hall–Kier alpha value is -1.57. The van der Waals surface area contributed by atoms with E-state index in [1.165, 1.54) is 23.1 Å². The summed E-state index contributed by atoms with van der Waals surface area (Å²) in [7, 11) is 0. The zero-order chi connectivity index (χ0) is 11.1. The molecule has 0 bridgehead atoms. The van der Waals surface area contributed by atoms with Gasteiger partial charge in [0.2, 0.25) is 0 Å². The first-order valence-electron chi connectivity index (χ1n) is 5.89. The van der Waals surface area contributed by atoms with Gasteiger partial charge in [0.25, 0.3) is 0 Å². The molecule has 0 saturated carbocycles. The van der Waals surface area contributed by atoms with Crippen LogP contribution in [0.3, 0.4) is 0 Å². The number of nitrogens with one attached hydrogen (secondary N) is 1. The number of nitrogens with zero attached hydrogens (tertiary/aromatic N) is 1. The van der Waals surface area contributed by atoms with Crippen molar-refractivity contribution in [1.82, 2.24) is 4.98 Å². The number of anilines is 1. The number of hydrogen-bond acceptors (Lipinski definition) is 2. The van der Waals surface area contributed by atoms with Gasteiger partial charge >= 0.3 is 0 Å². The van der Waals surface area contributed by atoms with Crippen LogP contribution in [0, 0.1) is 6.92 Å². The van der Waals surface area contributed by atoms with Gasteiger partial charge in [-0.3, -0.25) is 4.98 Å². The van der Waals surface area contributed by atoms with Crippen molar-refractivity contribution in [3.05, 3.63) is 35.5 Å². The number of hydrogen-bond donors (Lipinski definition) is 1. The van der Waals surface area contributed by atoms with Crippen molar-refractivity contribution in [1.29, 1.82) is 0 Å². The second-order valence-electron chi connectivity index (χ2n) is 4.74. The first-order valence-corrected chi connectivity index (χ1v) is 5.89. The summed E-state index contributed by atoms with van der Waals surface area (Å²) >= 11 is 0. The molecule has 2 heterocycles. The van der Waals surface area contributed by atoms with Crippen LogP contribution in [-0.4, -0.2) is 11.0 Å². The third-order valence-electron chi connectivity index (χ3n) is 3.30. The van der Waals surface area contributed by atoms with Crippen molar-refractivity contribution in [2.75, 3.05) is 5.32 Å². The molecule has 0 radical (unpaired) electrons. The third kappa shape index (κ3) is 1.54. The van der Waals surface area contributed by atoms with E-state index in [1.54, 1.807) is 0 Å². The summed E-state index contributed by atoms with van der Waals surface area (Å²) in [5, 5.41) is 4.77. The van der Waals surface area contributed by atoms with E-state index in [1.807, 2.05) is 6.92 Å². The normalized spacial score (nSPS) is 19.2. The Kier molecular flexibility index (Phi) is 2.10. The van der Waals surface area contributed by atoms with Crippen LogP contribution in [-0.2, 0) is 6.42 Å². The Labute approximate surface area is 95.7 Å². The Morgan fingerprint density at radius 3 is 3.06 bits per heavy atom. The molecule has 2 heteroatoms. The molecule has 0 fully saturated rings. The molecule has 16 heavy (non-hydrogen) atoms. The molecule has 0 spiro atoms. The smallest absolute Gasteiger partial charge is 0.0709 e. The first kappa shape index (κ1) is 9.64. The van der Waals surface area contributed by atoms with Gasteiger partial charge in [-0.05, 0) is 50.5 Å². The maximum absolute atomic E-state index is 4.58. The summed E-state index contributed by atoms with van der Waals surface area (Å²) in [6.45, 7) is 4.28. The Balaban J connectivity index is 2.19. The number of pyridine rings is 1. The molecule has 0 unspecified atom stereocenters. The average Bonchev–Trinajstić information content (AvgIpc) is 2.26. The molecule has 82 valence electrons.